The molecule has 8 heteroatoms. The molecule has 7 nitrogen and oxygen atoms in total. The summed E-state index contributed by atoms with van der Waals surface area (Å²) in [6.07, 6.45) is 4.38. The highest BCUT2D eigenvalue weighted by Gasteiger charge is 2.21. The highest BCUT2D eigenvalue weighted by atomic mass is 32.2. The Balaban J connectivity index is 1.91. The van der Waals surface area contributed by atoms with Gasteiger partial charge in [-0.25, -0.2) is 14.2 Å². The Morgan fingerprint density at radius 2 is 2.09 bits per heavy atom. The Morgan fingerprint density at radius 1 is 1.23 bits per heavy atom. The summed E-state index contributed by atoms with van der Waals surface area (Å²) in [5, 5.41) is 0.943. The zero-order valence-electron chi connectivity index (χ0n) is 11.6. The molecule has 0 radical (unpaired) electrons. The van der Waals surface area contributed by atoms with Crippen LogP contribution in [0.25, 0.3) is 10.9 Å². The van der Waals surface area contributed by atoms with E-state index in [1.165, 1.54) is 18.6 Å². The van der Waals surface area contributed by atoms with Crippen LogP contribution in [0, 0.1) is 0 Å². The van der Waals surface area contributed by atoms with E-state index in [1.807, 2.05) is 18.3 Å². The molecule has 1 N–H and O–H groups in total. The zero-order chi connectivity index (χ0) is 15.6. The van der Waals surface area contributed by atoms with Gasteiger partial charge in [0.15, 0.2) is 0 Å². The second kappa shape index (κ2) is 5.74. The van der Waals surface area contributed by atoms with Crippen LogP contribution in [0.15, 0.2) is 49.1 Å². The summed E-state index contributed by atoms with van der Waals surface area (Å²) in [7, 11) is -3.71. The summed E-state index contributed by atoms with van der Waals surface area (Å²) in [5.74, 6) is 0.472. The van der Waals surface area contributed by atoms with Crippen molar-refractivity contribution in [3.63, 3.8) is 0 Å². The normalized spacial score (nSPS) is 13.1. The maximum Gasteiger partial charge on any atom is 0.268 e. The van der Waals surface area contributed by atoms with Crippen LogP contribution < -0.4 is 4.74 Å². The minimum Gasteiger partial charge on any atom is -0.458 e. The molecular weight excluding hydrogens is 306 g/mol. The fraction of sp³-hybridized carbons (Fsp3) is 0.143. The predicted molar refractivity (Wildman–Crippen MR) is 79.6 cm³/mol. The molecule has 2 aromatic heterocycles. The second-order valence-corrected chi connectivity index (χ2v) is 6.21. The first kappa shape index (κ1) is 14.5. The molecule has 0 aliphatic heterocycles. The molecule has 3 aromatic rings. The molecule has 114 valence electrons. The van der Waals surface area contributed by atoms with Crippen LogP contribution in [0.5, 0.6) is 5.75 Å². The van der Waals surface area contributed by atoms with Crippen molar-refractivity contribution in [1.29, 1.82) is 0 Å². The number of benzene rings is 1. The molecule has 0 saturated heterocycles. The number of aromatic nitrogens is 3. The monoisotopic (exact) mass is 319 g/mol. The van der Waals surface area contributed by atoms with Crippen LogP contribution in [0.3, 0.4) is 0 Å². The van der Waals surface area contributed by atoms with E-state index in [1.54, 1.807) is 12.1 Å². The maximum absolute atomic E-state index is 11.4. The summed E-state index contributed by atoms with van der Waals surface area (Å²) in [6.45, 7) is 0. The van der Waals surface area contributed by atoms with Gasteiger partial charge in [0.2, 0.25) is 0 Å². The standard InChI is InChI=1S/C14H13N3O4S/c1-22(18,19)21-14(13-5-6-15-9-17-13)20-11-2-3-12-10(8-11)4-7-16-12/h2-9,14,16H,1H3. The smallest absolute Gasteiger partial charge is 0.268 e. The van der Waals surface area contributed by atoms with Crippen molar-refractivity contribution in [2.24, 2.45) is 0 Å². The van der Waals surface area contributed by atoms with Gasteiger partial charge in [0.05, 0.1) is 6.26 Å². The zero-order valence-corrected chi connectivity index (χ0v) is 12.4. The molecule has 0 bridgehead atoms. The fourth-order valence-electron chi connectivity index (χ4n) is 1.96. The van der Waals surface area contributed by atoms with Crippen LogP contribution in [-0.2, 0) is 14.3 Å². The number of fused-ring (bicyclic) bond motifs is 1. The number of nitrogens with zero attached hydrogens (tertiary/aromatic N) is 2. The number of nitrogens with one attached hydrogen (secondary N) is 1. The summed E-state index contributed by atoms with van der Waals surface area (Å²) in [4.78, 5) is 10.8. The SMILES string of the molecule is CS(=O)(=O)OC(Oc1ccc2[nH]ccc2c1)c1ccncn1. The van der Waals surface area contributed by atoms with E-state index in [4.69, 9.17) is 8.92 Å². The van der Waals surface area contributed by atoms with Crippen molar-refractivity contribution in [1.82, 2.24) is 15.0 Å². The molecule has 0 fully saturated rings. The van der Waals surface area contributed by atoms with Gasteiger partial charge in [-0.2, -0.15) is 8.42 Å². The second-order valence-electron chi connectivity index (χ2n) is 4.61. The highest BCUT2D eigenvalue weighted by Crippen LogP contribution is 2.26. The van der Waals surface area contributed by atoms with Crippen molar-refractivity contribution < 1.29 is 17.3 Å². The third-order valence-electron chi connectivity index (χ3n) is 2.88. The van der Waals surface area contributed by atoms with E-state index in [9.17, 15) is 8.42 Å². The number of aromatic amines is 1. The highest BCUT2D eigenvalue weighted by molar-refractivity contribution is 7.86. The molecule has 0 spiro atoms. The Bertz CT molecular complexity index is 877. The lowest BCUT2D eigenvalue weighted by atomic mass is 10.2. The lowest BCUT2D eigenvalue weighted by Gasteiger charge is -2.17. The van der Waals surface area contributed by atoms with Gasteiger partial charge in [0.25, 0.3) is 16.4 Å². The Kier molecular flexibility index (Phi) is 3.78. The van der Waals surface area contributed by atoms with Gasteiger partial charge in [-0.3, -0.25) is 0 Å². The van der Waals surface area contributed by atoms with E-state index in [2.05, 4.69) is 15.0 Å². The number of rotatable bonds is 5. The van der Waals surface area contributed by atoms with E-state index in [0.29, 0.717) is 11.4 Å². The maximum atomic E-state index is 11.4. The van der Waals surface area contributed by atoms with Gasteiger partial charge in [-0.15, -0.1) is 0 Å². The average Bonchev–Trinajstić information content (AvgIpc) is 2.94. The summed E-state index contributed by atoms with van der Waals surface area (Å²) in [6, 6.07) is 8.76. The quantitative estimate of drug-likeness (QED) is 0.571. The third kappa shape index (κ3) is 3.41. The minimum atomic E-state index is -3.71. The minimum absolute atomic E-state index is 0.314. The number of ether oxygens (including phenoxy) is 1. The van der Waals surface area contributed by atoms with Gasteiger partial charge >= 0.3 is 0 Å². The predicted octanol–water partition coefficient (Wildman–Crippen LogP) is 2.01. The summed E-state index contributed by atoms with van der Waals surface area (Å²) >= 11 is 0. The molecule has 0 aliphatic rings. The van der Waals surface area contributed by atoms with Crippen LogP contribution in [0.1, 0.15) is 12.0 Å². The van der Waals surface area contributed by atoms with E-state index < -0.39 is 16.4 Å². The molecule has 22 heavy (non-hydrogen) atoms. The van der Waals surface area contributed by atoms with Gasteiger partial charge in [0, 0.05) is 23.3 Å². The first-order valence-corrected chi connectivity index (χ1v) is 8.21. The van der Waals surface area contributed by atoms with E-state index in [-0.39, 0.29) is 0 Å². The average molecular weight is 319 g/mol. The molecule has 1 atom stereocenters. The van der Waals surface area contributed by atoms with Crippen molar-refractivity contribution in [2.45, 2.75) is 6.29 Å². The Hall–Kier alpha value is -2.45. The van der Waals surface area contributed by atoms with Crippen molar-refractivity contribution in [3.05, 3.63) is 54.7 Å². The Labute approximate surface area is 127 Å². The van der Waals surface area contributed by atoms with Crippen molar-refractivity contribution in [3.8, 4) is 5.75 Å². The molecule has 1 unspecified atom stereocenters. The number of hydrogen-bond acceptors (Lipinski definition) is 6. The van der Waals surface area contributed by atoms with Gasteiger partial charge in [-0.05, 0) is 30.3 Å². The molecular formula is C14H13N3O4S. The van der Waals surface area contributed by atoms with Gasteiger partial charge in [0.1, 0.15) is 17.8 Å². The lowest BCUT2D eigenvalue weighted by Crippen LogP contribution is -2.17. The molecule has 0 saturated carbocycles. The van der Waals surface area contributed by atoms with Crippen LogP contribution >= 0.6 is 0 Å². The van der Waals surface area contributed by atoms with Gasteiger partial charge < -0.3 is 9.72 Å². The summed E-state index contributed by atoms with van der Waals surface area (Å²) < 4.78 is 33.5. The van der Waals surface area contributed by atoms with Crippen LogP contribution in [0.4, 0.5) is 0 Å². The Morgan fingerprint density at radius 3 is 2.82 bits per heavy atom. The molecule has 3 rings (SSSR count). The van der Waals surface area contributed by atoms with Crippen LogP contribution in [0.2, 0.25) is 0 Å². The molecule has 2 heterocycles. The van der Waals surface area contributed by atoms with Crippen LogP contribution in [-0.4, -0.2) is 29.6 Å². The first-order chi connectivity index (χ1) is 10.5. The molecule has 1 aromatic carbocycles. The topological polar surface area (TPSA) is 94.2 Å². The number of hydrogen-bond donors (Lipinski definition) is 1. The fourth-order valence-corrected chi connectivity index (χ4v) is 2.41. The first-order valence-electron chi connectivity index (χ1n) is 6.39. The van der Waals surface area contributed by atoms with Crippen molar-refractivity contribution in [2.75, 3.05) is 6.26 Å². The molecule has 0 aliphatic carbocycles. The van der Waals surface area contributed by atoms with E-state index >= 15 is 0 Å². The van der Waals surface area contributed by atoms with Crippen molar-refractivity contribution >= 4 is 21.0 Å². The number of H-pyrrole nitrogens is 1. The van der Waals surface area contributed by atoms with E-state index in [0.717, 1.165) is 17.2 Å². The van der Waals surface area contributed by atoms with Gasteiger partial charge in [-0.1, -0.05) is 0 Å². The lowest BCUT2D eigenvalue weighted by molar-refractivity contribution is 0.00689. The third-order valence-corrected chi connectivity index (χ3v) is 3.40. The molecule has 0 amide bonds. The largest absolute Gasteiger partial charge is 0.458 e. The summed E-state index contributed by atoms with van der Waals surface area (Å²) in [5.41, 5.74) is 1.27.